The molecule has 1 aromatic carbocycles. The summed E-state index contributed by atoms with van der Waals surface area (Å²) in [5.41, 5.74) is 0.708. The third kappa shape index (κ3) is 3.70. The van der Waals surface area contributed by atoms with Crippen LogP contribution in [-0.2, 0) is 0 Å². The van der Waals surface area contributed by atoms with Crippen LogP contribution in [0.15, 0.2) is 24.3 Å². The van der Waals surface area contributed by atoms with Crippen molar-refractivity contribution in [3.05, 3.63) is 34.9 Å². The van der Waals surface area contributed by atoms with E-state index in [0.717, 1.165) is 17.9 Å². The highest BCUT2D eigenvalue weighted by molar-refractivity contribution is 6.30. The molecule has 0 spiro atoms. The summed E-state index contributed by atoms with van der Waals surface area (Å²) in [5.74, 6) is 0.619. The number of hydrogen-bond acceptors (Lipinski definition) is 2. The van der Waals surface area contributed by atoms with Gasteiger partial charge in [-0.15, -0.1) is 0 Å². The van der Waals surface area contributed by atoms with Crippen LogP contribution >= 0.6 is 11.6 Å². The largest absolute Gasteiger partial charge is 0.389 e. The van der Waals surface area contributed by atoms with Crippen molar-refractivity contribution in [1.82, 2.24) is 5.32 Å². The Morgan fingerprint density at radius 3 is 2.71 bits per heavy atom. The van der Waals surface area contributed by atoms with Crippen molar-refractivity contribution in [2.45, 2.75) is 44.2 Å². The van der Waals surface area contributed by atoms with Crippen molar-refractivity contribution in [2.24, 2.45) is 0 Å². The van der Waals surface area contributed by atoms with E-state index in [2.05, 4.69) is 17.4 Å². The van der Waals surface area contributed by atoms with E-state index in [9.17, 15) is 5.11 Å². The normalized spacial score (nSPS) is 24.5. The summed E-state index contributed by atoms with van der Waals surface area (Å²) >= 11 is 5.98. The van der Waals surface area contributed by atoms with Crippen molar-refractivity contribution >= 4 is 11.6 Å². The molecule has 2 rings (SSSR count). The second-order valence-corrected chi connectivity index (χ2v) is 6.05. The van der Waals surface area contributed by atoms with Gasteiger partial charge in [0.2, 0.25) is 0 Å². The third-order valence-electron chi connectivity index (χ3n) is 3.28. The Morgan fingerprint density at radius 1 is 1.41 bits per heavy atom. The molecule has 1 fully saturated rings. The second-order valence-electron chi connectivity index (χ2n) is 5.61. The van der Waals surface area contributed by atoms with Gasteiger partial charge in [0.15, 0.2) is 0 Å². The van der Waals surface area contributed by atoms with Gasteiger partial charge in [0, 0.05) is 17.6 Å². The number of nitrogens with one attached hydrogen (secondary N) is 1. The van der Waals surface area contributed by atoms with Crippen LogP contribution in [0.25, 0.3) is 0 Å². The van der Waals surface area contributed by atoms with Crippen LogP contribution in [-0.4, -0.2) is 23.3 Å². The Kier molecular flexibility index (Phi) is 3.76. The maximum Gasteiger partial charge on any atom is 0.0715 e. The number of benzene rings is 1. The summed E-state index contributed by atoms with van der Waals surface area (Å²) in [5, 5.41) is 13.8. The van der Waals surface area contributed by atoms with Crippen LogP contribution in [0.5, 0.6) is 0 Å². The zero-order valence-electron chi connectivity index (χ0n) is 10.4. The average molecular weight is 254 g/mol. The molecule has 0 atom stereocenters. The first kappa shape index (κ1) is 12.9. The van der Waals surface area contributed by atoms with Gasteiger partial charge >= 0.3 is 0 Å². The maximum absolute atomic E-state index is 9.63. The molecule has 0 amide bonds. The van der Waals surface area contributed by atoms with Gasteiger partial charge in [0.1, 0.15) is 0 Å². The smallest absolute Gasteiger partial charge is 0.0715 e. The summed E-state index contributed by atoms with van der Waals surface area (Å²) < 4.78 is 0. The van der Waals surface area contributed by atoms with Crippen molar-refractivity contribution in [2.75, 3.05) is 6.54 Å². The predicted molar refractivity (Wildman–Crippen MR) is 71.5 cm³/mol. The number of aliphatic hydroxyl groups is 1. The van der Waals surface area contributed by atoms with E-state index in [-0.39, 0.29) is 0 Å². The van der Waals surface area contributed by atoms with E-state index >= 15 is 0 Å². The lowest BCUT2D eigenvalue weighted by molar-refractivity contribution is 0.0708. The monoisotopic (exact) mass is 253 g/mol. The lowest BCUT2D eigenvalue weighted by Gasteiger charge is -2.37. The van der Waals surface area contributed by atoms with Crippen molar-refractivity contribution in [1.29, 1.82) is 0 Å². The zero-order valence-corrected chi connectivity index (χ0v) is 11.2. The summed E-state index contributed by atoms with van der Waals surface area (Å²) in [4.78, 5) is 0. The minimum atomic E-state index is -0.624. The Morgan fingerprint density at radius 2 is 2.12 bits per heavy atom. The standard InChI is InChI=1S/C14H20ClNO/c1-14(2,17)9-16-13-7-11(8-13)10-4-3-5-12(15)6-10/h3-6,11,13,16-17H,7-9H2,1-2H3. The Balaban J connectivity index is 1.79. The van der Waals surface area contributed by atoms with Gasteiger partial charge in [-0.1, -0.05) is 23.7 Å². The first-order valence-electron chi connectivity index (χ1n) is 6.15. The first-order valence-corrected chi connectivity index (χ1v) is 6.53. The predicted octanol–water partition coefficient (Wildman–Crippen LogP) is 2.95. The SMILES string of the molecule is CC(C)(O)CNC1CC(c2cccc(Cl)c2)C1. The van der Waals surface area contributed by atoms with Gasteiger partial charge in [0.25, 0.3) is 0 Å². The van der Waals surface area contributed by atoms with Crippen LogP contribution in [0, 0.1) is 0 Å². The molecule has 2 N–H and O–H groups in total. The highest BCUT2D eigenvalue weighted by Gasteiger charge is 2.30. The van der Waals surface area contributed by atoms with Gasteiger partial charge in [0.05, 0.1) is 5.60 Å². The number of rotatable bonds is 4. The van der Waals surface area contributed by atoms with Crippen LogP contribution in [0.2, 0.25) is 5.02 Å². The van der Waals surface area contributed by atoms with Crippen molar-refractivity contribution < 1.29 is 5.11 Å². The zero-order chi connectivity index (χ0) is 12.5. The highest BCUT2D eigenvalue weighted by Crippen LogP contribution is 2.37. The maximum atomic E-state index is 9.63. The molecule has 0 unspecified atom stereocenters. The number of halogens is 1. The molecule has 3 heteroatoms. The van der Waals surface area contributed by atoms with E-state index in [4.69, 9.17) is 11.6 Å². The third-order valence-corrected chi connectivity index (χ3v) is 3.52. The van der Waals surface area contributed by atoms with Crippen LogP contribution < -0.4 is 5.32 Å². The van der Waals surface area contributed by atoms with E-state index in [1.807, 2.05) is 26.0 Å². The Hall–Kier alpha value is -0.570. The van der Waals surface area contributed by atoms with Gasteiger partial charge in [-0.05, 0) is 50.3 Å². The molecular weight excluding hydrogens is 234 g/mol. The minimum Gasteiger partial charge on any atom is -0.389 e. The molecule has 1 aromatic rings. The summed E-state index contributed by atoms with van der Waals surface area (Å²) in [6.45, 7) is 4.31. The van der Waals surface area contributed by atoms with Crippen LogP contribution in [0.3, 0.4) is 0 Å². The molecule has 1 aliphatic rings. The molecule has 0 saturated heterocycles. The van der Waals surface area contributed by atoms with Gasteiger partial charge < -0.3 is 10.4 Å². The highest BCUT2D eigenvalue weighted by atomic mass is 35.5. The topological polar surface area (TPSA) is 32.3 Å². The lowest BCUT2D eigenvalue weighted by Crippen LogP contribution is -2.46. The Labute approximate surface area is 108 Å². The van der Waals surface area contributed by atoms with Gasteiger partial charge in [-0.3, -0.25) is 0 Å². The molecule has 0 heterocycles. The molecule has 0 aliphatic heterocycles. The summed E-state index contributed by atoms with van der Waals surface area (Å²) in [6, 6.07) is 8.65. The van der Waals surface area contributed by atoms with E-state index in [0.29, 0.717) is 18.5 Å². The molecule has 94 valence electrons. The molecule has 1 aliphatic carbocycles. The number of hydrogen-bond donors (Lipinski definition) is 2. The Bertz CT molecular complexity index is 380. The average Bonchev–Trinajstić information content (AvgIpc) is 2.13. The fourth-order valence-electron chi connectivity index (χ4n) is 2.21. The first-order chi connectivity index (χ1) is 7.94. The van der Waals surface area contributed by atoms with Gasteiger partial charge in [-0.2, -0.15) is 0 Å². The van der Waals surface area contributed by atoms with E-state index in [1.165, 1.54) is 5.56 Å². The van der Waals surface area contributed by atoms with Crippen LogP contribution in [0.1, 0.15) is 38.2 Å². The molecule has 17 heavy (non-hydrogen) atoms. The second kappa shape index (κ2) is 4.97. The molecule has 0 radical (unpaired) electrons. The quantitative estimate of drug-likeness (QED) is 0.865. The lowest BCUT2D eigenvalue weighted by atomic mass is 9.76. The molecule has 0 bridgehead atoms. The summed E-state index contributed by atoms with van der Waals surface area (Å²) in [6.07, 6.45) is 2.27. The van der Waals surface area contributed by atoms with Gasteiger partial charge in [-0.25, -0.2) is 0 Å². The van der Waals surface area contributed by atoms with E-state index < -0.39 is 5.60 Å². The molecular formula is C14H20ClNO. The van der Waals surface area contributed by atoms with Crippen molar-refractivity contribution in [3.63, 3.8) is 0 Å². The molecule has 1 saturated carbocycles. The van der Waals surface area contributed by atoms with Crippen LogP contribution in [0.4, 0.5) is 0 Å². The summed E-state index contributed by atoms with van der Waals surface area (Å²) in [7, 11) is 0. The molecule has 2 nitrogen and oxygen atoms in total. The minimum absolute atomic E-state index is 0.533. The fraction of sp³-hybridized carbons (Fsp3) is 0.571. The molecule has 0 aromatic heterocycles. The van der Waals surface area contributed by atoms with Crippen molar-refractivity contribution in [3.8, 4) is 0 Å². The van der Waals surface area contributed by atoms with E-state index in [1.54, 1.807) is 0 Å². The fourth-order valence-corrected chi connectivity index (χ4v) is 2.41.